The summed E-state index contributed by atoms with van der Waals surface area (Å²) in [6, 6.07) is 4.32. The molecule has 0 radical (unpaired) electrons. The van der Waals surface area contributed by atoms with E-state index in [1.165, 1.54) is 5.39 Å². The Morgan fingerprint density at radius 2 is 2.26 bits per heavy atom. The van der Waals surface area contributed by atoms with E-state index in [0.29, 0.717) is 0 Å². The molecule has 5 heteroatoms. The molecule has 0 aliphatic carbocycles. The molecule has 3 N–H and O–H groups in total. The van der Waals surface area contributed by atoms with Gasteiger partial charge in [0.25, 0.3) is 0 Å². The summed E-state index contributed by atoms with van der Waals surface area (Å²) in [7, 11) is 0. The Labute approximate surface area is 110 Å². The third-order valence-corrected chi connectivity index (χ3v) is 3.81. The van der Waals surface area contributed by atoms with Gasteiger partial charge in [0.2, 0.25) is 0 Å². The van der Waals surface area contributed by atoms with E-state index in [1.54, 1.807) is 0 Å². The second-order valence-corrected chi connectivity index (χ2v) is 5.09. The lowest BCUT2D eigenvalue weighted by molar-refractivity contribution is 0.752. The number of anilines is 1. The SMILES string of the molecule is NC1CCN(c2nccc3cnc4[nH]ccc4c23)C1. The molecule has 0 saturated carbocycles. The zero-order chi connectivity index (χ0) is 12.8. The maximum Gasteiger partial charge on any atom is 0.137 e. The van der Waals surface area contributed by atoms with Crippen LogP contribution in [0.2, 0.25) is 0 Å². The van der Waals surface area contributed by atoms with Crippen molar-refractivity contribution in [3.8, 4) is 0 Å². The van der Waals surface area contributed by atoms with Gasteiger partial charge in [-0.15, -0.1) is 0 Å². The monoisotopic (exact) mass is 253 g/mol. The minimum Gasteiger partial charge on any atom is -0.354 e. The molecule has 3 aromatic heterocycles. The van der Waals surface area contributed by atoms with E-state index in [9.17, 15) is 0 Å². The Hall–Kier alpha value is -2.14. The van der Waals surface area contributed by atoms with E-state index in [4.69, 9.17) is 5.73 Å². The molecule has 1 aliphatic heterocycles. The van der Waals surface area contributed by atoms with E-state index in [0.717, 1.165) is 41.7 Å². The highest BCUT2D eigenvalue weighted by Gasteiger charge is 2.22. The molecule has 1 atom stereocenters. The van der Waals surface area contributed by atoms with Gasteiger partial charge in [-0.05, 0) is 18.6 Å². The Morgan fingerprint density at radius 1 is 1.32 bits per heavy atom. The summed E-state index contributed by atoms with van der Waals surface area (Å²) in [5.74, 6) is 1.03. The van der Waals surface area contributed by atoms with Gasteiger partial charge in [-0.1, -0.05) is 0 Å². The van der Waals surface area contributed by atoms with E-state index in [-0.39, 0.29) is 6.04 Å². The quantitative estimate of drug-likeness (QED) is 0.691. The third-order valence-electron chi connectivity index (χ3n) is 3.81. The van der Waals surface area contributed by atoms with Crippen molar-refractivity contribution in [1.29, 1.82) is 0 Å². The number of fused-ring (bicyclic) bond motifs is 3. The maximum atomic E-state index is 6.01. The van der Waals surface area contributed by atoms with Crippen molar-refractivity contribution in [2.45, 2.75) is 12.5 Å². The number of nitrogens with one attached hydrogen (secondary N) is 1. The van der Waals surface area contributed by atoms with Crippen LogP contribution in [0, 0.1) is 0 Å². The van der Waals surface area contributed by atoms with Gasteiger partial charge in [-0.2, -0.15) is 0 Å². The zero-order valence-electron chi connectivity index (χ0n) is 10.5. The lowest BCUT2D eigenvalue weighted by atomic mass is 10.1. The van der Waals surface area contributed by atoms with Crippen LogP contribution >= 0.6 is 0 Å². The number of H-pyrrole nitrogens is 1. The van der Waals surface area contributed by atoms with Crippen molar-refractivity contribution >= 4 is 27.6 Å². The first-order chi connectivity index (χ1) is 9.33. The molecule has 5 nitrogen and oxygen atoms in total. The van der Waals surface area contributed by atoms with Gasteiger partial charge in [0, 0.05) is 53.9 Å². The van der Waals surface area contributed by atoms with Crippen molar-refractivity contribution in [2.75, 3.05) is 18.0 Å². The van der Waals surface area contributed by atoms with Crippen LogP contribution < -0.4 is 10.6 Å². The first-order valence-electron chi connectivity index (χ1n) is 6.54. The van der Waals surface area contributed by atoms with Gasteiger partial charge < -0.3 is 15.6 Å². The second kappa shape index (κ2) is 3.93. The Balaban J connectivity index is 2.01. The Bertz CT molecular complexity index is 748. The highest BCUT2D eigenvalue weighted by atomic mass is 15.2. The predicted octanol–water partition coefficient (Wildman–Crippen LogP) is 1.65. The highest BCUT2D eigenvalue weighted by Crippen LogP contribution is 2.31. The van der Waals surface area contributed by atoms with E-state index >= 15 is 0 Å². The van der Waals surface area contributed by atoms with Crippen molar-refractivity contribution in [3.05, 3.63) is 30.7 Å². The van der Waals surface area contributed by atoms with Crippen LogP contribution in [0.15, 0.2) is 30.7 Å². The van der Waals surface area contributed by atoms with Gasteiger partial charge in [0.15, 0.2) is 0 Å². The van der Waals surface area contributed by atoms with Gasteiger partial charge in [-0.25, -0.2) is 9.97 Å². The Morgan fingerprint density at radius 3 is 3.11 bits per heavy atom. The second-order valence-electron chi connectivity index (χ2n) is 5.09. The smallest absolute Gasteiger partial charge is 0.137 e. The first kappa shape index (κ1) is 10.8. The molecule has 1 saturated heterocycles. The van der Waals surface area contributed by atoms with Crippen molar-refractivity contribution in [3.63, 3.8) is 0 Å². The number of rotatable bonds is 1. The largest absolute Gasteiger partial charge is 0.354 e. The zero-order valence-corrected chi connectivity index (χ0v) is 10.5. The highest BCUT2D eigenvalue weighted by molar-refractivity contribution is 6.10. The fraction of sp³-hybridized carbons (Fsp3) is 0.286. The first-order valence-corrected chi connectivity index (χ1v) is 6.54. The molecule has 3 aromatic rings. The lowest BCUT2D eigenvalue weighted by Gasteiger charge is -2.19. The number of nitrogens with zero attached hydrogens (tertiary/aromatic N) is 3. The molecule has 96 valence electrons. The minimum atomic E-state index is 0.251. The van der Waals surface area contributed by atoms with Gasteiger partial charge in [-0.3, -0.25) is 0 Å². The predicted molar refractivity (Wildman–Crippen MR) is 76.2 cm³/mol. The van der Waals surface area contributed by atoms with E-state index in [2.05, 4.69) is 25.9 Å². The number of nitrogens with two attached hydrogens (primary N) is 1. The summed E-state index contributed by atoms with van der Waals surface area (Å²) in [5, 5.41) is 3.42. The standard InChI is InChI=1S/C14H15N5/c15-10-3-6-19(8-10)14-12-9(1-4-17-14)7-18-13-11(12)2-5-16-13/h1-2,4-5,7,10H,3,6,8,15H2,(H,16,18). The number of hydrogen-bond donors (Lipinski definition) is 2. The molecule has 0 aromatic carbocycles. The fourth-order valence-corrected chi connectivity index (χ4v) is 2.87. The third kappa shape index (κ3) is 1.58. The molecule has 1 aliphatic rings. The topological polar surface area (TPSA) is 70.8 Å². The van der Waals surface area contributed by atoms with E-state index in [1.807, 2.05) is 24.7 Å². The molecule has 0 spiro atoms. The number of hydrogen-bond acceptors (Lipinski definition) is 4. The summed E-state index contributed by atoms with van der Waals surface area (Å²) >= 11 is 0. The molecule has 0 bridgehead atoms. The van der Waals surface area contributed by atoms with Crippen molar-refractivity contribution in [2.24, 2.45) is 5.73 Å². The van der Waals surface area contributed by atoms with Crippen LogP contribution in [-0.4, -0.2) is 34.1 Å². The lowest BCUT2D eigenvalue weighted by Crippen LogP contribution is -2.27. The molecule has 4 heterocycles. The van der Waals surface area contributed by atoms with Crippen LogP contribution in [0.5, 0.6) is 0 Å². The number of aromatic nitrogens is 3. The Kier molecular flexibility index (Phi) is 2.22. The van der Waals surface area contributed by atoms with Crippen LogP contribution in [0.1, 0.15) is 6.42 Å². The van der Waals surface area contributed by atoms with Crippen molar-refractivity contribution < 1.29 is 0 Å². The summed E-state index contributed by atoms with van der Waals surface area (Å²) < 4.78 is 0. The molecule has 1 unspecified atom stereocenters. The molecular weight excluding hydrogens is 238 g/mol. The summed E-state index contributed by atoms with van der Waals surface area (Å²) in [6.07, 6.45) is 6.69. The molecule has 4 rings (SSSR count). The van der Waals surface area contributed by atoms with E-state index < -0.39 is 0 Å². The average Bonchev–Trinajstić information content (AvgIpc) is 3.06. The van der Waals surface area contributed by atoms with Crippen molar-refractivity contribution in [1.82, 2.24) is 15.0 Å². The molecule has 0 amide bonds. The number of pyridine rings is 2. The van der Waals surface area contributed by atoms with Gasteiger partial charge in [0.1, 0.15) is 11.5 Å². The van der Waals surface area contributed by atoms with Crippen LogP contribution in [-0.2, 0) is 0 Å². The van der Waals surface area contributed by atoms with Crippen LogP contribution in [0.3, 0.4) is 0 Å². The molecule has 1 fully saturated rings. The van der Waals surface area contributed by atoms with Gasteiger partial charge >= 0.3 is 0 Å². The summed E-state index contributed by atoms with van der Waals surface area (Å²) in [4.78, 5) is 14.4. The normalized spacial score (nSPS) is 19.6. The summed E-state index contributed by atoms with van der Waals surface area (Å²) in [5.41, 5.74) is 6.92. The van der Waals surface area contributed by atoms with Crippen LogP contribution in [0.4, 0.5) is 5.82 Å². The summed E-state index contributed by atoms with van der Waals surface area (Å²) in [6.45, 7) is 1.85. The maximum absolute atomic E-state index is 6.01. The fourth-order valence-electron chi connectivity index (χ4n) is 2.87. The van der Waals surface area contributed by atoms with Crippen LogP contribution in [0.25, 0.3) is 21.8 Å². The average molecular weight is 253 g/mol. The minimum absolute atomic E-state index is 0.251. The van der Waals surface area contributed by atoms with Gasteiger partial charge in [0.05, 0.1) is 0 Å². The molecule has 19 heavy (non-hydrogen) atoms. The molecular formula is C14H15N5. The number of aromatic amines is 1.